The second-order valence-corrected chi connectivity index (χ2v) is 6.25. The zero-order valence-electron chi connectivity index (χ0n) is 14.3. The number of rotatable bonds is 5. The fraction of sp³-hybridized carbons (Fsp3) is 0.611. The number of benzene rings is 1. The molecule has 5 nitrogen and oxygen atoms in total. The molecular weight excluding hydrogens is 292 g/mol. The molecule has 2 rings (SSSR count). The van der Waals surface area contributed by atoms with Crippen LogP contribution in [0, 0.1) is 5.92 Å². The van der Waals surface area contributed by atoms with Crippen molar-refractivity contribution in [1.82, 2.24) is 10.2 Å². The Hall–Kier alpha value is -1.75. The lowest BCUT2D eigenvalue weighted by Crippen LogP contribution is -2.46. The maximum Gasteiger partial charge on any atom is 0.317 e. The Kier molecular flexibility index (Phi) is 6.28. The SMILES string of the molecule is CCC(NC(=O)N1CCC(C(C)O)CC1)c1ccc(OC)cc1. The van der Waals surface area contributed by atoms with Crippen LogP contribution in [0.4, 0.5) is 4.79 Å². The molecule has 1 fully saturated rings. The molecule has 0 aliphatic carbocycles. The summed E-state index contributed by atoms with van der Waals surface area (Å²) in [5.74, 6) is 1.12. The maximum atomic E-state index is 12.5. The third-order valence-electron chi connectivity index (χ3n) is 4.73. The van der Waals surface area contributed by atoms with Gasteiger partial charge in [-0.05, 0) is 49.8 Å². The highest BCUT2D eigenvalue weighted by Crippen LogP contribution is 2.23. The van der Waals surface area contributed by atoms with E-state index in [1.165, 1.54) is 0 Å². The lowest BCUT2D eigenvalue weighted by atomic mass is 9.92. The van der Waals surface area contributed by atoms with Gasteiger partial charge in [-0.25, -0.2) is 4.79 Å². The van der Waals surface area contributed by atoms with Crippen LogP contribution in [0.1, 0.15) is 44.7 Å². The van der Waals surface area contributed by atoms with Gasteiger partial charge in [0.25, 0.3) is 0 Å². The Bertz CT molecular complexity index is 493. The number of nitrogens with zero attached hydrogens (tertiary/aromatic N) is 1. The van der Waals surface area contributed by atoms with E-state index in [2.05, 4.69) is 12.2 Å². The first-order valence-corrected chi connectivity index (χ1v) is 8.42. The van der Waals surface area contributed by atoms with Gasteiger partial charge in [0.15, 0.2) is 0 Å². The predicted molar refractivity (Wildman–Crippen MR) is 90.5 cm³/mol. The van der Waals surface area contributed by atoms with Crippen molar-refractivity contribution in [2.24, 2.45) is 5.92 Å². The van der Waals surface area contributed by atoms with Crippen LogP contribution in [0.25, 0.3) is 0 Å². The zero-order chi connectivity index (χ0) is 16.8. The van der Waals surface area contributed by atoms with Gasteiger partial charge in [-0.15, -0.1) is 0 Å². The maximum absolute atomic E-state index is 12.5. The van der Waals surface area contributed by atoms with Crippen molar-refractivity contribution >= 4 is 6.03 Å². The van der Waals surface area contributed by atoms with Crippen LogP contribution < -0.4 is 10.1 Å². The van der Waals surface area contributed by atoms with Gasteiger partial charge in [-0.3, -0.25) is 0 Å². The number of carbonyl (C=O) groups excluding carboxylic acids is 1. The van der Waals surface area contributed by atoms with Crippen molar-refractivity contribution < 1.29 is 14.6 Å². The number of likely N-dealkylation sites (tertiary alicyclic amines) is 1. The number of ether oxygens (including phenoxy) is 1. The van der Waals surface area contributed by atoms with Crippen molar-refractivity contribution in [1.29, 1.82) is 0 Å². The number of amides is 2. The number of nitrogens with one attached hydrogen (secondary N) is 1. The molecule has 23 heavy (non-hydrogen) atoms. The van der Waals surface area contributed by atoms with E-state index in [0.29, 0.717) is 19.0 Å². The van der Waals surface area contributed by atoms with Crippen LogP contribution in [-0.4, -0.2) is 42.3 Å². The van der Waals surface area contributed by atoms with E-state index in [-0.39, 0.29) is 18.2 Å². The first-order chi connectivity index (χ1) is 11.0. The lowest BCUT2D eigenvalue weighted by molar-refractivity contribution is 0.0793. The Morgan fingerprint density at radius 3 is 2.43 bits per heavy atom. The molecule has 2 unspecified atom stereocenters. The molecule has 2 amide bonds. The molecule has 1 saturated heterocycles. The smallest absolute Gasteiger partial charge is 0.317 e. The minimum Gasteiger partial charge on any atom is -0.497 e. The highest BCUT2D eigenvalue weighted by atomic mass is 16.5. The fourth-order valence-electron chi connectivity index (χ4n) is 3.08. The number of piperidine rings is 1. The van der Waals surface area contributed by atoms with Gasteiger partial charge in [0, 0.05) is 13.1 Å². The van der Waals surface area contributed by atoms with Crippen LogP contribution in [0.3, 0.4) is 0 Å². The van der Waals surface area contributed by atoms with E-state index in [0.717, 1.165) is 30.6 Å². The van der Waals surface area contributed by atoms with E-state index in [4.69, 9.17) is 4.74 Å². The van der Waals surface area contributed by atoms with Crippen LogP contribution in [-0.2, 0) is 0 Å². The minimum absolute atomic E-state index is 0.00268. The molecule has 1 heterocycles. The number of hydrogen-bond acceptors (Lipinski definition) is 3. The largest absolute Gasteiger partial charge is 0.497 e. The highest BCUT2D eigenvalue weighted by molar-refractivity contribution is 5.74. The van der Waals surface area contributed by atoms with Crippen molar-refractivity contribution in [2.45, 2.75) is 45.3 Å². The van der Waals surface area contributed by atoms with Gasteiger partial charge < -0.3 is 20.1 Å². The molecule has 1 aliphatic rings. The van der Waals surface area contributed by atoms with Gasteiger partial charge in [-0.1, -0.05) is 19.1 Å². The quantitative estimate of drug-likeness (QED) is 0.877. The lowest BCUT2D eigenvalue weighted by Gasteiger charge is -2.34. The number of aliphatic hydroxyl groups excluding tert-OH is 1. The van der Waals surface area contributed by atoms with Gasteiger partial charge in [0.05, 0.1) is 19.3 Å². The number of hydrogen-bond donors (Lipinski definition) is 2. The molecular formula is C18H28N2O3. The summed E-state index contributed by atoms with van der Waals surface area (Å²) in [6, 6.07) is 7.80. The fourth-order valence-corrected chi connectivity index (χ4v) is 3.08. The molecule has 1 aromatic rings. The van der Waals surface area contributed by atoms with E-state index in [1.54, 1.807) is 7.11 Å². The molecule has 1 aromatic carbocycles. The topological polar surface area (TPSA) is 61.8 Å². The summed E-state index contributed by atoms with van der Waals surface area (Å²) in [5, 5.41) is 12.8. The molecule has 5 heteroatoms. The standard InChI is InChI=1S/C18H28N2O3/c1-4-17(15-5-7-16(23-3)8-6-15)19-18(22)20-11-9-14(10-12-20)13(2)21/h5-8,13-14,17,21H,4,9-12H2,1-3H3,(H,19,22). The van der Waals surface area contributed by atoms with Crippen LogP contribution in [0.5, 0.6) is 5.75 Å². The predicted octanol–water partition coefficient (Wildman–Crippen LogP) is 2.95. The van der Waals surface area contributed by atoms with Crippen LogP contribution in [0.15, 0.2) is 24.3 Å². The van der Waals surface area contributed by atoms with Crippen LogP contribution in [0.2, 0.25) is 0 Å². The van der Waals surface area contributed by atoms with Gasteiger partial charge in [0.2, 0.25) is 0 Å². The van der Waals surface area contributed by atoms with E-state index in [1.807, 2.05) is 36.1 Å². The molecule has 0 aromatic heterocycles. The molecule has 0 bridgehead atoms. The summed E-state index contributed by atoms with van der Waals surface area (Å²) in [6.45, 7) is 5.31. The Labute approximate surface area is 138 Å². The zero-order valence-corrected chi connectivity index (χ0v) is 14.3. The average Bonchev–Trinajstić information content (AvgIpc) is 2.59. The number of urea groups is 1. The molecule has 2 atom stereocenters. The third kappa shape index (κ3) is 4.61. The molecule has 128 valence electrons. The summed E-state index contributed by atoms with van der Waals surface area (Å²) < 4.78 is 5.17. The first kappa shape index (κ1) is 17.6. The monoisotopic (exact) mass is 320 g/mol. The van der Waals surface area contributed by atoms with Crippen molar-refractivity contribution in [2.75, 3.05) is 20.2 Å². The number of carbonyl (C=O) groups is 1. The molecule has 0 radical (unpaired) electrons. The van der Waals surface area contributed by atoms with Crippen molar-refractivity contribution in [3.05, 3.63) is 29.8 Å². The van der Waals surface area contributed by atoms with Gasteiger partial charge in [0.1, 0.15) is 5.75 Å². The summed E-state index contributed by atoms with van der Waals surface area (Å²) >= 11 is 0. The summed E-state index contributed by atoms with van der Waals surface area (Å²) in [6.07, 6.45) is 2.28. The first-order valence-electron chi connectivity index (χ1n) is 8.42. The van der Waals surface area contributed by atoms with Gasteiger partial charge in [-0.2, -0.15) is 0 Å². The van der Waals surface area contributed by atoms with Crippen LogP contribution >= 0.6 is 0 Å². The second kappa shape index (κ2) is 8.20. The minimum atomic E-state index is -0.289. The van der Waals surface area contributed by atoms with Gasteiger partial charge >= 0.3 is 6.03 Å². The summed E-state index contributed by atoms with van der Waals surface area (Å²) in [7, 11) is 1.64. The third-order valence-corrected chi connectivity index (χ3v) is 4.73. The molecule has 1 aliphatic heterocycles. The number of aliphatic hydroxyl groups is 1. The second-order valence-electron chi connectivity index (χ2n) is 6.25. The Morgan fingerprint density at radius 1 is 1.35 bits per heavy atom. The van der Waals surface area contributed by atoms with Crippen molar-refractivity contribution in [3.8, 4) is 5.75 Å². The summed E-state index contributed by atoms with van der Waals surface area (Å²) in [4.78, 5) is 14.3. The Morgan fingerprint density at radius 2 is 1.96 bits per heavy atom. The summed E-state index contributed by atoms with van der Waals surface area (Å²) in [5.41, 5.74) is 1.08. The molecule has 0 saturated carbocycles. The molecule has 0 spiro atoms. The van der Waals surface area contributed by atoms with E-state index in [9.17, 15) is 9.90 Å². The van der Waals surface area contributed by atoms with E-state index >= 15 is 0 Å². The normalized spacial score (nSPS) is 18.3. The average molecular weight is 320 g/mol. The van der Waals surface area contributed by atoms with Crippen molar-refractivity contribution in [3.63, 3.8) is 0 Å². The molecule has 2 N–H and O–H groups in total. The highest BCUT2D eigenvalue weighted by Gasteiger charge is 2.26. The number of methoxy groups -OCH3 is 1. The van der Waals surface area contributed by atoms with E-state index < -0.39 is 0 Å². The Balaban J connectivity index is 1.92.